The van der Waals surface area contributed by atoms with E-state index in [0.29, 0.717) is 6.54 Å². The molecule has 2 heterocycles. The molecule has 2 rings (SSSR count). The summed E-state index contributed by atoms with van der Waals surface area (Å²) in [7, 11) is 0. The Balaban J connectivity index is 2.11. The fraction of sp³-hybridized carbons (Fsp3) is 0.286. The van der Waals surface area contributed by atoms with Crippen LogP contribution in [0.25, 0.3) is 0 Å². The number of aromatic nitrogens is 2. The van der Waals surface area contributed by atoms with Crippen molar-refractivity contribution in [2.45, 2.75) is 26.1 Å². The van der Waals surface area contributed by atoms with Gasteiger partial charge in [-0.05, 0) is 30.2 Å². The van der Waals surface area contributed by atoms with E-state index in [-0.39, 0.29) is 5.82 Å². The Morgan fingerprint density at radius 3 is 2.65 bits per heavy atom. The largest absolute Gasteiger partial charge is 0.416 e. The molecular formula is C14H14F3N3. The highest BCUT2D eigenvalue weighted by molar-refractivity contribution is 5.39. The molecule has 0 atom stereocenters. The maximum absolute atomic E-state index is 12.6. The van der Waals surface area contributed by atoms with E-state index in [1.54, 1.807) is 6.20 Å². The molecule has 0 saturated carbocycles. The highest BCUT2D eigenvalue weighted by Gasteiger charge is 2.30. The molecule has 0 fully saturated rings. The molecule has 2 aromatic heterocycles. The standard InChI is InChI=1S/C14H14F3N3/c1-2-10-4-3-6-18-12(10)9-20-13-8-11(5-7-19-13)14(15,16)17/h3-8H,2,9H2,1H3,(H,19,20). The third kappa shape index (κ3) is 3.46. The Kier molecular flexibility index (Phi) is 4.22. The second kappa shape index (κ2) is 5.90. The maximum Gasteiger partial charge on any atom is 0.416 e. The minimum Gasteiger partial charge on any atom is -0.364 e. The summed E-state index contributed by atoms with van der Waals surface area (Å²) < 4.78 is 37.7. The summed E-state index contributed by atoms with van der Waals surface area (Å²) >= 11 is 0. The fourth-order valence-electron chi connectivity index (χ4n) is 1.83. The summed E-state index contributed by atoms with van der Waals surface area (Å²) in [5, 5.41) is 2.87. The summed E-state index contributed by atoms with van der Waals surface area (Å²) in [6.45, 7) is 2.35. The third-order valence-electron chi connectivity index (χ3n) is 2.89. The third-order valence-corrected chi connectivity index (χ3v) is 2.89. The lowest BCUT2D eigenvalue weighted by Gasteiger charge is -2.11. The summed E-state index contributed by atoms with van der Waals surface area (Å²) in [6.07, 6.45) is -0.736. The van der Waals surface area contributed by atoms with Crippen LogP contribution in [-0.4, -0.2) is 9.97 Å². The molecule has 0 radical (unpaired) electrons. The van der Waals surface area contributed by atoms with Crippen LogP contribution in [0.5, 0.6) is 0 Å². The number of rotatable bonds is 4. The fourth-order valence-corrected chi connectivity index (χ4v) is 1.83. The van der Waals surface area contributed by atoms with Crippen molar-refractivity contribution in [3.8, 4) is 0 Å². The van der Waals surface area contributed by atoms with Crippen LogP contribution >= 0.6 is 0 Å². The zero-order valence-electron chi connectivity index (χ0n) is 10.9. The van der Waals surface area contributed by atoms with Crippen LogP contribution in [0.1, 0.15) is 23.7 Å². The van der Waals surface area contributed by atoms with Crippen molar-refractivity contribution in [1.82, 2.24) is 9.97 Å². The highest BCUT2D eigenvalue weighted by atomic mass is 19.4. The Morgan fingerprint density at radius 2 is 1.95 bits per heavy atom. The van der Waals surface area contributed by atoms with Gasteiger partial charge in [0, 0.05) is 12.4 Å². The van der Waals surface area contributed by atoms with Gasteiger partial charge >= 0.3 is 6.18 Å². The van der Waals surface area contributed by atoms with Gasteiger partial charge in [0.05, 0.1) is 17.8 Å². The molecule has 0 aliphatic heterocycles. The van der Waals surface area contributed by atoms with Crippen molar-refractivity contribution < 1.29 is 13.2 Å². The van der Waals surface area contributed by atoms with E-state index in [4.69, 9.17) is 0 Å². The minimum atomic E-state index is -4.36. The van der Waals surface area contributed by atoms with Crippen LogP contribution in [0.15, 0.2) is 36.7 Å². The van der Waals surface area contributed by atoms with E-state index in [2.05, 4.69) is 15.3 Å². The Bertz CT molecular complexity index is 582. The SMILES string of the molecule is CCc1cccnc1CNc1cc(C(F)(F)F)ccn1. The van der Waals surface area contributed by atoms with Gasteiger partial charge in [-0.15, -0.1) is 0 Å². The predicted octanol–water partition coefficient (Wildman–Crippen LogP) is 3.67. The lowest BCUT2D eigenvalue weighted by molar-refractivity contribution is -0.137. The van der Waals surface area contributed by atoms with Crippen LogP contribution in [0.4, 0.5) is 19.0 Å². The number of hydrogen-bond acceptors (Lipinski definition) is 3. The van der Waals surface area contributed by atoms with E-state index in [1.807, 2.05) is 19.1 Å². The molecule has 3 nitrogen and oxygen atoms in total. The molecular weight excluding hydrogens is 267 g/mol. The van der Waals surface area contributed by atoms with Crippen LogP contribution in [0.2, 0.25) is 0 Å². The summed E-state index contributed by atoms with van der Waals surface area (Å²) in [6, 6.07) is 5.73. The van der Waals surface area contributed by atoms with Crippen LogP contribution in [0, 0.1) is 0 Å². The van der Waals surface area contributed by atoms with Gasteiger partial charge in [0.2, 0.25) is 0 Å². The van der Waals surface area contributed by atoms with Crippen molar-refractivity contribution in [2.24, 2.45) is 0 Å². The molecule has 20 heavy (non-hydrogen) atoms. The van der Waals surface area contributed by atoms with Crippen LogP contribution in [0.3, 0.4) is 0 Å². The molecule has 1 N–H and O–H groups in total. The van der Waals surface area contributed by atoms with Gasteiger partial charge in [-0.2, -0.15) is 13.2 Å². The van der Waals surface area contributed by atoms with Crippen molar-refractivity contribution >= 4 is 5.82 Å². The zero-order chi connectivity index (χ0) is 14.6. The predicted molar refractivity (Wildman–Crippen MR) is 70.2 cm³/mol. The Hall–Kier alpha value is -2.11. The average Bonchev–Trinajstić information content (AvgIpc) is 2.45. The Labute approximate surface area is 114 Å². The number of hydrogen-bond donors (Lipinski definition) is 1. The van der Waals surface area contributed by atoms with E-state index >= 15 is 0 Å². The first-order valence-electron chi connectivity index (χ1n) is 6.20. The quantitative estimate of drug-likeness (QED) is 0.929. The molecule has 0 aliphatic carbocycles. The summed E-state index contributed by atoms with van der Waals surface area (Å²) in [5.74, 6) is 0.188. The number of nitrogens with one attached hydrogen (secondary N) is 1. The monoisotopic (exact) mass is 281 g/mol. The lowest BCUT2D eigenvalue weighted by atomic mass is 10.1. The molecule has 6 heteroatoms. The number of aryl methyl sites for hydroxylation is 1. The molecule has 0 unspecified atom stereocenters. The van der Waals surface area contributed by atoms with Crippen molar-refractivity contribution in [1.29, 1.82) is 0 Å². The summed E-state index contributed by atoms with van der Waals surface area (Å²) in [4.78, 5) is 8.11. The molecule has 106 valence electrons. The molecule has 0 saturated heterocycles. The van der Waals surface area contributed by atoms with Crippen LogP contribution < -0.4 is 5.32 Å². The molecule has 0 amide bonds. The van der Waals surface area contributed by atoms with Gasteiger partial charge in [0.25, 0.3) is 0 Å². The zero-order valence-corrected chi connectivity index (χ0v) is 10.9. The number of alkyl halides is 3. The van der Waals surface area contributed by atoms with Gasteiger partial charge in [-0.3, -0.25) is 4.98 Å². The minimum absolute atomic E-state index is 0.188. The van der Waals surface area contributed by atoms with Crippen LogP contribution in [-0.2, 0) is 19.1 Å². The number of pyridine rings is 2. The molecule has 2 aromatic rings. The van der Waals surface area contributed by atoms with E-state index < -0.39 is 11.7 Å². The second-order valence-electron chi connectivity index (χ2n) is 4.24. The normalized spacial score (nSPS) is 11.4. The number of anilines is 1. The lowest BCUT2D eigenvalue weighted by Crippen LogP contribution is -2.09. The van der Waals surface area contributed by atoms with Gasteiger partial charge in [0.1, 0.15) is 5.82 Å². The molecule has 0 bridgehead atoms. The van der Waals surface area contributed by atoms with Crippen molar-refractivity contribution in [2.75, 3.05) is 5.32 Å². The number of nitrogens with zero attached hydrogens (tertiary/aromatic N) is 2. The van der Waals surface area contributed by atoms with E-state index in [9.17, 15) is 13.2 Å². The first-order valence-corrected chi connectivity index (χ1v) is 6.20. The first kappa shape index (κ1) is 14.3. The number of halogens is 3. The van der Waals surface area contributed by atoms with E-state index in [1.165, 1.54) is 0 Å². The highest BCUT2D eigenvalue weighted by Crippen LogP contribution is 2.29. The van der Waals surface area contributed by atoms with E-state index in [0.717, 1.165) is 36.0 Å². The van der Waals surface area contributed by atoms with Gasteiger partial charge < -0.3 is 5.32 Å². The smallest absolute Gasteiger partial charge is 0.364 e. The molecule has 0 spiro atoms. The topological polar surface area (TPSA) is 37.8 Å². The van der Waals surface area contributed by atoms with Crippen molar-refractivity contribution in [3.05, 3.63) is 53.5 Å². The Morgan fingerprint density at radius 1 is 1.15 bits per heavy atom. The second-order valence-corrected chi connectivity index (χ2v) is 4.24. The summed E-state index contributed by atoms with van der Waals surface area (Å²) in [5.41, 5.74) is 1.16. The van der Waals surface area contributed by atoms with Gasteiger partial charge in [-0.25, -0.2) is 4.98 Å². The molecule has 0 aromatic carbocycles. The first-order chi connectivity index (χ1) is 9.50. The molecule has 0 aliphatic rings. The maximum atomic E-state index is 12.6. The van der Waals surface area contributed by atoms with Gasteiger partial charge in [-0.1, -0.05) is 13.0 Å². The van der Waals surface area contributed by atoms with Crippen molar-refractivity contribution in [3.63, 3.8) is 0 Å². The van der Waals surface area contributed by atoms with Gasteiger partial charge in [0.15, 0.2) is 0 Å². The average molecular weight is 281 g/mol.